The fourth-order valence-electron chi connectivity index (χ4n) is 2.06. The molecule has 0 spiro atoms. The van der Waals surface area contributed by atoms with Crippen molar-refractivity contribution in [1.82, 2.24) is 14.8 Å². The summed E-state index contributed by atoms with van der Waals surface area (Å²) in [5.74, 6) is -1.21. The number of hydrogen-bond acceptors (Lipinski definition) is 5. The molecule has 0 saturated carbocycles. The summed E-state index contributed by atoms with van der Waals surface area (Å²) in [4.78, 5) is 28.3. The number of benzene rings is 1. The number of aryl methyl sites for hydroxylation is 2. The Morgan fingerprint density at radius 3 is 2.62 bits per heavy atom. The Labute approximate surface area is 142 Å². The van der Waals surface area contributed by atoms with E-state index in [4.69, 9.17) is 0 Å². The first-order valence-corrected chi connectivity index (χ1v) is 8.04. The van der Waals surface area contributed by atoms with Crippen LogP contribution in [-0.4, -0.2) is 26.6 Å². The molecule has 2 N–H and O–H groups in total. The van der Waals surface area contributed by atoms with Gasteiger partial charge in [0.05, 0.1) is 0 Å². The molecule has 2 heterocycles. The van der Waals surface area contributed by atoms with E-state index < -0.39 is 11.8 Å². The number of anilines is 2. The number of aromatic nitrogens is 3. The third kappa shape index (κ3) is 3.66. The van der Waals surface area contributed by atoms with Crippen LogP contribution in [0, 0.1) is 6.92 Å². The van der Waals surface area contributed by atoms with Crippen LogP contribution in [0.2, 0.25) is 0 Å². The zero-order valence-corrected chi connectivity index (χ0v) is 13.9. The average Bonchev–Trinajstić information content (AvgIpc) is 3.16. The number of carbonyl (C=O) groups is 2. The highest BCUT2D eigenvalue weighted by Gasteiger charge is 2.15. The zero-order chi connectivity index (χ0) is 17.1. The van der Waals surface area contributed by atoms with Crippen molar-refractivity contribution >= 4 is 34.7 Å². The van der Waals surface area contributed by atoms with Crippen molar-refractivity contribution in [3.05, 3.63) is 47.6 Å². The van der Waals surface area contributed by atoms with Crippen LogP contribution in [0.3, 0.4) is 0 Å². The average molecular weight is 341 g/mol. The molecular formula is C16H15N5O2S. The Hall–Kier alpha value is -3.00. The molecule has 0 saturated heterocycles. The van der Waals surface area contributed by atoms with Crippen LogP contribution in [-0.2, 0) is 16.6 Å². The lowest BCUT2D eigenvalue weighted by Crippen LogP contribution is -2.29. The van der Waals surface area contributed by atoms with Crippen LogP contribution < -0.4 is 10.6 Å². The van der Waals surface area contributed by atoms with Gasteiger partial charge in [-0.1, -0.05) is 12.1 Å². The topological polar surface area (TPSA) is 88.9 Å². The van der Waals surface area contributed by atoms with Crippen molar-refractivity contribution in [1.29, 1.82) is 0 Å². The molecule has 3 rings (SSSR count). The number of amides is 2. The largest absolute Gasteiger partial charge is 0.318 e. The second-order valence-corrected chi connectivity index (χ2v) is 6.02. The van der Waals surface area contributed by atoms with Crippen LogP contribution in [0.5, 0.6) is 0 Å². The molecule has 0 fully saturated rings. The molecule has 7 nitrogen and oxygen atoms in total. The van der Waals surface area contributed by atoms with Crippen LogP contribution >= 0.6 is 11.3 Å². The maximum Gasteiger partial charge on any atom is 0.315 e. The molecule has 0 aliphatic carbocycles. The van der Waals surface area contributed by atoms with Gasteiger partial charge in [-0.25, -0.2) is 4.98 Å². The van der Waals surface area contributed by atoms with E-state index in [1.165, 1.54) is 16.0 Å². The number of hydrogen-bond donors (Lipinski definition) is 2. The van der Waals surface area contributed by atoms with E-state index in [1.807, 2.05) is 18.4 Å². The van der Waals surface area contributed by atoms with E-state index >= 15 is 0 Å². The Kier molecular flexibility index (Phi) is 4.39. The minimum absolute atomic E-state index is 0.324. The molecular weight excluding hydrogens is 326 g/mol. The Balaban J connectivity index is 1.69. The standard InChI is InChI=1S/C16H15N5O2S/c1-10-9-24-16(17-10)11-4-3-5-12(8-11)18-14(22)15(23)19-13-6-7-21(2)20-13/h3-9H,1-2H3,(H,18,22)(H,19,20,23). The summed E-state index contributed by atoms with van der Waals surface area (Å²) in [6, 6.07) is 8.82. The highest BCUT2D eigenvalue weighted by atomic mass is 32.1. The smallest absolute Gasteiger partial charge is 0.315 e. The van der Waals surface area contributed by atoms with Crippen molar-refractivity contribution in [3.8, 4) is 10.6 Å². The molecule has 0 aliphatic rings. The maximum atomic E-state index is 12.0. The van der Waals surface area contributed by atoms with Crippen LogP contribution in [0.15, 0.2) is 41.9 Å². The van der Waals surface area contributed by atoms with Crippen molar-refractivity contribution in [2.24, 2.45) is 7.05 Å². The van der Waals surface area contributed by atoms with Gasteiger partial charge in [0, 0.05) is 41.6 Å². The zero-order valence-electron chi connectivity index (χ0n) is 13.1. The highest BCUT2D eigenvalue weighted by Crippen LogP contribution is 2.25. The van der Waals surface area contributed by atoms with Gasteiger partial charge in [-0.3, -0.25) is 14.3 Å². The summed E-state index contributed by atoms with van der Waals surface area (Å²) in [6.45, 7) is 1.92. The summed E-state index contributed by atoms with van der Waals surface area (Å²) in [5, 5.41) is 11.8. The third-order valence-corrected chi connectivity index (χ3v) is 4.16. The van der Waals surface area contributed by atoms with E-state index in [9.17, 15) is 9.59 Å². The summed E-state index contributed by atoms with van der Waals surface area (Å²) in [7, 11) is 1.72. The molecule has 1 aromatic carbocycles. The normalized spacial score (nSPS) is 10.4. The van der Waals surface area contributed by atoms with Crippen LogP contribution in [0.4, 0.5) is 11.5 Å². The summed E-state index contributed by atoms with van der Waals surface area (Å²) >= 11 is 1.53. The molecule has 0 unspecified atom stereocenters. The number of nitrogens with one attached hydrogen (secondary N) is 2. The lowest BCUT2D eigenvalue weighted by atomic mass is 10.2. The van der Waals surface area contributed by atoms with Gasteiger partial charge in [-0.15, -0.1) is 11.3 Å². The van der Waals surface area contributed by atoms with Crippen LogP contribution in [0.25, 0.3) is 10.6 Å². The Bertz CT molecular complexity index is 899. The molecule has 0 radical (unpaired) electrons. The number of carbonyl (C=O) groups excluding carboxylic acids is 2. The van der Waals surface area contributed by atoms with E-state index in [2.05, 4.69) is 20.7 Å². The van der Waals surface area contributed by atoms with E-state index in [-0.39, 0.29) is 0 Å². The van der Waals surface area contributed by atoms with Gasteiger partial charge in [0.15, 0.2) is 5.82 Å². The predicted octanol–water partition coefficient (Wildman–Crippen LogP) is 2.43. The fraction of sp³-hybridized carbons (Fsp3) is 0.125. The van der Waals surface area contributed by atoms with Gasteiger partial charge in [0.1, 0.15) is 5.01 Å². The molecule has 122 valence electrons. The molecule has 24 heavy (non-hydrogen) atoms. The molecule has 2 aromatic heterocycles. The van der Waals surface area contributed by atoms with Gasteiger partial charge in [0.25, 0.3) is 0 Å². The summed E-state index contributed by atoms with van der Waals surface area (Å²) < 4.78 is 1.53. The molecule has 8 heteroatoms. The van der Waals surface area contributed by atoms with E-state index in [0.29, 0.717) is 11.5 Å². The Morgan fingerprint density at radius 1 is 1.17 bits per heavy atom. The molecule has 0 atom stereocenters. The number of thiazole rings is 1. The van der Waals surface area contributed by atoms with Crippen molar-refractivity contribution in [2.75, 3.05) is 10.6 Å². The third-order valence-electron chi connectivity index (χ3n) is 3.15. The summed E-state index contributed by atoms with van der Waals surface area (Å²) in [5.41, 5.74) is 2.36. The second-order valence-electron chi connectivity index (χ2n) is 5.16. The monoisotopic (exact) mass is 341 g/mol. The van der Waals surface area contributed by atoms with Crippen molar-refractivity contribution in [2.45, 2.75) is 6.92 Å². The predicted molar refractivity (Wildman–Crippen MR) is 92.8 cm³/mol. The van der Waals surface area contributed by atoms with Crippen molar-refractivity contribution < 1.29 is 9.59 Å². The summed E-state index contributed by atoms with van der Waals surface area (Å²) in [6.07, 6.45) is 1.67. The first-order valence-electron chi connectivity index (χ1n) is 7.16. The van der Waals surface area contributed by atoms with Gasteiger partial charge >= 0.3 is 11.8 Å². The lowest BCUT2D eigenvalue weighted by molar-refractivity contribution is -0.133. The quantitative estimate of drug-likeness (QED) is 0.716. The fourth-order valence-corrected chi connectivity index (χ4v) is 2.85. The van der Waals surface area contributed by atoms with Gasteiger partial charge in [-0.05, 0) is 19.1 Å². The number of nitrogens with zero attached hydrogens (tertiary/aromatic N) is 3. The van der Waals surface area contributed by atoms with Crippen molar-refractivity contribution in [3.63, 3.8) is 0 Å². The molecule has 0 aliphatic heterocycles. The van der Waals surface area contributed by atoms with Gasteiger partial charge in [0.2, 0.25) is 0 Å². The van der Waals surface area contributed by atoms with Crippen LogP contribution in [0.1, 0.15) is 5.69 Å². The molecule has 0 bridgehead atoms. The highest BCUT2D eigenvalue weighted by molar-refractivity contribution is 7.13. The maximum absolute atomic E-state index is 12.0. The first kappa shape index (κ1) is 15.9. The minimum atomic E-state index is -0.774. The first-order chi connectivity index (χ1) is 11.5. The number of rotatable bonds is 3. The second kappa shape index (κ2) is 6.63. The van der Waals surface area contributed by atoms with E-state index in [0.717, 1.165) is 16.3 Å². The Morgan fingerprint density at radius 2 is 1.96 bits per heavy atom. The lowest BCUT2D eigenvalue weighted by Gasteiger charge is -2.06. The molecule has 3 aromatic rings. The minimum Gasteiger partial charge on any atom is -0.318 e. The van der Waals surface area contributed by atoms with Gasteiger partial charge in [-0.2, -0.15) is 5.10 Å². The van der Waals surface area contributed by atoms with E-state index in [1.54, 1.807) is 37.5 Å². The van der Waals surface area contributed by atoms with Gasteiger partial charge < -0.3 is 10.6 Å². The molecule has 2 amide bonds. The SMILES string of the molecule is Cc1csc(-c2cccc(NC(=O)C(=O)Nc3ccn(C)n3)c2)n1.